The third-order valence-electron chi connectivity index (χ3n) is 2.88. The fraction of sp³-hybridized carbons (Fsp3) is 0.0667. The van der Waals surface area contributed by atoms with Crippen LogP contribution in [0.15, 0.2) is 47.4 Å². The summed E-state index contributed by atoms with van der Waals surface area (Å²) in [5, 5.41) is 9.46. The van der Waals surface area contributed by atoms with Crippen molar-refractivity contribution in [2.24, 2.45) is 0 Å². The molecule has 0 aromatic heterocycles. The Labute approximate surface area is 137 Å². The molecule has 0 radical (unpaired) electrons. The minimum Gasteiger partial charge on any atom is -0.504 e. The largest absolute Gasteiger partial charge is 0.504 e. The van der Waals surface area contributed by atoms with Gasteiger partial charge in [0.1, 0.15) is 10.6 Å². The van der Waals surface area contributed by atoms with Gasteiger partial charge in [0.15, 0.2) is 11.5 Å². The minimum atomic E-state index is -4.23. The number of rotatable bonds is 6. The number of carbonyl (C=O) groups is 2. The summed E-state index contributed by atoms with van der Waals surface area (Å²) < 4.78 is 38.3. The molecule has 0 aliphatic heterocycles. The Bertz CT molecular complexity index is 856. The monoisotopic (exact) mass is 352 g/mol. The van der Waals surface area contributed by atoms with E-state index in [-0.39, 0.29) is 28.4 Å². The summed E-state index contributed by atoms with van der Waals surface area (Å²) in [5.74, 6) is -1.33. The first-order valence-electron chi connectivity index (χ1n) is 6.43. The fourth-order valence-electron chi connectivity index (χ4n) is 1.74. The van der Waals surface area contributed by atoms with Gasteiger partial charge < -0.3 is 18.8 Å². The Morgan fingerprint density at radius 1 is 1.12 bits per heavy atom. The van der Waals surface area contributed by atoms with Crippen LogP contribution in [-0.4, -0.2) is 33.1 Å². The predicted molar refractivity (Wildman–Crippen MR) is 80.4 cm³/mol. The number of benzene rings is 2. The molecule has 0 aliphatic carbocycles. The van der Waals surface area contributed by atoms with Gasteiger partial charge in [0.25, 0.3) is 6.47 Å². The van der Waals surface area contributed by atoms with Crippen molar-refractivity contribution in [3.8, 4) is 17.2 Å². The van der Waals surface area contributed by atoms with Gasteiger partial charge in [-0.1, -0.05) is 0 Å². The van der Waals surface area contributed by atoms with Gasteiger partial charge >= 0.3 is 16.1 Å². The van der Waals surface area contributed by atoms with E-state index in [1.54, 1.807) is 0 Å². The Kier molecular flexibility index (Phi) is 5.05. The molecule has 8 nitrogen and oxygen atoms in total. The van der Waals surface area contributed by atoms with Gasteiger partial charge in [-0.25, -0.2) is 4.79 Å². The molecule has 0 atom stereocenters. The number of esters is 1. The highest BCUT2D eigenvalue weighted by molar-refractivity contribution is 7.87. The van der Waals surface area contributed by atoms with Crippen LogP contribution in [0.4, 0.5) is 0 Å². The Hall–Kier alpha value is -3.07. The molecule has 0 heterocycles. The number of phenols is 1. The van der Waals surface area contributed by atoms with Gasteiger partial charge in [0.05, 0.1) is 12.7 Å². The van der Waals surface area contributed by atoms with E-state index in [4.69, 9.17) is 4.18 Å². The summed E-state index contributed by atoms with van der Waals surface area (Å²) in [4.78, 5) is 21.3. The molecular weight excluding hydrogens is 340 g/mol. The maximum atomic E-state index is 12.2. The third-order valence-corrected chi connectivity index (χ3v) is 4.12. The number of methoxy groups -OCH3 is 1. The fourth-order valence-corrected chi connectivity index (χ4v) is 2.68. The first kappa shape index (κ1) is 17.3. The lowest BCUT2D eigenvalue weighted by atomic mass is 10.2. The molecular formula is C15H12O8S. The predicted octanol–water partition coefficient (Wildman–Crippen LogP) is 1.48. The van der Waals surface area contributed by atoms with Gasteiger partial charge in [0.2, 0.25) is 0 Å². The van der Waals surface area contributed by atoms with Gasteiger partial charge in [-0.15, -0.1) is 0 Å². The maximum absolute atomic E-state index is 12.2. The third kappa shape index (κ3) is 3.82. The number of ether oxygens (including phenoxy) is 2. The van der Waals surface area contributed by atoms with E-state index in [2.05, 4.69) is 9.47 Å². The summed E-state index contributed by atoms with van der Waals surface area (Å²) in [6, 6.07) is 8.34. The van der Waals surface area contributed by atoms with E-state index in [1.165, 1.54) is 31.4 Å². The molecule has 0 saturated carbocycles. The molecule has 0 saturated heterocycles. The second-order valence-electron chi connectivity index (χ2n) is 4.40. The van der Waals surface area contributed by atoms with Crippen LogP contribution in [0.2, 0.25) is 0 Å². The molecule has 0 bridgehead atoms. The zero-order valence-corrected chi connectivity index (χ0v) is 13.1. The number of phenolic OH excluding ortho intramolecular Hbond substituents is 1. The summed E-state index contributed by atoms with van der Waals surface area (Å²) >= 11 is 0. The van der Waals surface area contributed by atoms with Crippen molar-refractivity contribution in [1.82, 2.24) is 0 Å². The van der Waals surface area contributed by atoms with Crippen molar-refractivity contribution in [3.05, 3.63) is 48.0 Å². The highest BCUT2D eigenvalue weighted by Gasteiger charge is 2.19. The molecule has 0 unspecified atom stereocenters. The van der Waals surface area contributed by atoms with Crippen LogP contribution in [-0.2, 0) is 19.6 Å². The molecule has 0 amide bonds. The smallest absolute Gasteiger partial charge is 0.339 e. The van der Waals surface area contributed by atoms with E-state index in [0.29, 0.717) is 0 Å². The van der Waals surface area contributed by atoms with Gasteiger partial charge in [0, 0.05) is 6.07 Å². The van der Waals surface area contributed by atoms with Gasteiger partial charge in [-0.05, 0) is 36.4 Å². The average Bonchev–Trinajstić information content (AvgIpc) is 2.56. The van der Waals surface area contributed by atoms with Crippen molar-refractivity contribution >= 4 is 22.6 Å². The van der Waals surface area contributed by atoms with Crippen molar-refractivity contribution < 1.29 is 36.8 Å². The molecule has 2 rings (SSSR count). The summed E-state index contributed by atoms with van der Waals surface area (Å²) in [6.45, 7) is 0.0534. The van der Waals surface area contributed by atoms with E-state index < -0.39 is 21.8 Å². The molecule has 0 aliphatic rings. The lowest BCUT2D eigenvalue weighted by Crippen LogP contribution is -2.10. The quantitative estimate of drug-likeness (QED) is 0.472. The highest BCUT2D eigenvalue weighted by atomic mass is 32.2. The Morgan fingerprint density at radius 3 is 2.38 bits per heavy atom. The highest BCUT2D eigenvalue weighted by Crippen LogP contribution is 2.29. The van der Waals surface area contributed by atoms with Gasteiger partial charge in [-0.3, -0.25) is 4.79 Å². The van der Waals surface area contributed by atoms with Crippen LogP contribution in [0, 0.1) is 0 Å². The van der Waals surface area contributed by atoms with Crippen molar-refractivity contribution in [2.45, 2.75) is 4.90 Å². The van der Waals surface area contributed by atoms with Crippen LogP contribution in [0.3, 0.4) is 0 Å². The van der Waals surface area contributed by atoms with E-state index in [1.807, 2.05) is 0 Å². The number of hydrogen-bond donors (Lipinski definition) is 1. The SMILES string of the molecule is COC(=O)c1ccc(OS(=O)(=O)c2ccc(O)c(OC=O)c2)cc1. The molecule has 2 aromatic carbocycles. The maximum Gasteiger partial charge on any atom is 0.339 e. The lowest BCUT2D eigenvalue weighted by Gasteiger charge is -2.09. The first-order valence-corrected chi connectivity index (χ1v) is 7.84. The Balaban J connectivity index is 2.26. The molecule has 9 heteroatoms. The standard InChI is InChI=1S/C15H12O8S/c1-21-15(18)10-2-4-11(5-3-10)23-24(19,20)12-6-7-13(17)14(8-12)22-9-16/h2-9,17H,1H3. The van der Waals surface area contributed by atoms with E-state index >= 15 is 0 Å². The molecule has 24 heavy (non-hydrogen) atoms. The zero-order chi connectivity index (χ0) is 17.7. The van der Waals surface area contributed by atoms with Crippen molar-refractivity contribution in [1.29, 1.82) is 0 Å². The van der Waals surface area contributed by atoms with E-state index in [9.17, 15) is 23.1 Å². The number of carbonyl (C=O) groups excluding carboxylic acids is 2. The van der Waals surface area contributed by atoms with Crippen LogP contribution in [0.5, 0.6) is 17.2 Å². The summed E-state index contributed by atoms with van der Waals surface area (Å²) in [5.41, 5.74) is 0.230. The summed E-state index contributed by atoms with van der Waals surface area (Å²) in [6.07, 6.45) is 0. The second kappa shape index (κ2) is 7.01. The van der Waals surface area contributed by atoms with Crippen LogP contribution >= 0.6 is 0 Å². The van der Waals surface area contributed by atoms with Gasteiger partial charge in [-0.2, -0.15) is 8.42 Å². The van der Waals surface area contributed by atoms with Crippen LogP contribution in [0.25, 0.3) is 0 Å². The molecule has 126 valence electrons. The molecule has 0 spiro atoms. The molecule has 1 N–H and O–H groups in total. The number of aromatic hydroxyl groups is 1. The van der Waals surface area contributed by atoms with E-state index in [0.717, 1.165) is 18.2 Å². The van der Waals surface area contributed by atoms with Crippen molar-refractivity contribution in [3.63, 3.8) is 0 Å². The minimum absolute atomic E-state index is 0.0337. The average molecular weight is 352 g/mol. The normalized spacial score (nSPS) is 10.7. The first-order chi connectivity index (χ1) is 11.4. The van der Waals surface area contributed by atoms with Crippen LogP contribution in [0.1, 0.15) is 10.4 Å². The lowest BCUT2D eigenvalue weighted by molar-refractivity contribution is -0.120. The zero-order valence-electron chi connectivity index (χ0n) is 12.3. The van der Waals surface area contributed by atoms with Crippen LogP contribution < -0.4 is 8.92 Å². The van der Waals surface area contributed by atoms with Crippen molar-refractivity contribution in [2.75, 3.05) is 7.11 Å². The second-order valence-corrected chi connectivity index (χ2v) is 5.94. The summed E-state index contributed by atoms with van der Waals surface area (Å²) in [7, 11) is -3.01. The number of hydrogen-bond acceptors (Lipinski definition) is 8. The topological polar surface area (TPSA) is 116 Å². The molecule has 0 fully saturated rings. The molecule has 2 aromatic rings. The Morgan fingerprint density at radius 2 is 1.79 bits per heavy atom.